The van der Waals surface area contributed by atoms with Crippen LogP contribution >= 0.6 is 0 Å². The quantitative estimate of drug-likeness (QED) is 0.554. The minimum absolute atomic E-state index is 0.292. The molecule has 16 heavy (non-hydrogen) atoms. The smallest absolute Gasteiger partial charge is 0.163 e. The van der Waals surface area contributed by atoms with Gasteiger partial charge < -0.3 is 0 Å². The Balaban J connectivity index is 1.68. The van der Waals surface area contributed by atoms with Crippen LogP contribution in [0.25, 0.3) is 0 Å². The molecule has 1 heteroatoms. The first kappa shape index (κ1) is 9.83. The normalized spacial score (nSPS) is 30.9. The molecule has 3 atom stereocenters. The summed E-state index contributed by atoms with van der Waals surface area (Å²) in [4.78, 5) is 12.0. The number of carbonyl (C=O) groups excluding carboxylic acids is 1. The van der Waals surface area contributed by atoms with Crippen molar-refractivity contribution in [3.63, 3.8) is 0 Å². The van der Waals surface area contributed by atoms with E-state index in [-0.39, 0.29) is 0 Å². The zero-order valence-corrected chi connectivity index (χ0v) is 9.23. The molecular weight excluding hydrogens is 196 g/mol. The largest absolute Gasteiger partial charge is 0.294 e. The van der Waals surface area contributed by atoms with Gasteiger partial charge in [0.1, 0.15) is 0 Å². The van der Waals surface area contributed by atoms with Gasteiger partial charge in [0.25, 0.3) is 0 Å². The maximum atomic E-state index is 12.0. The van der Waals surface area contributed by atoms with Crippen LogP contribution in [0.2, 0.25) is 0 Å². The third-order valence-corrected chi connectivity index (χ3v) is 3.90. The monoisotopic (exact) mass is 211 g/mol. The topological polar surface area (TPSA) is 17.1 Å². The van der Waals surface area contributed by atoms with Crippen molar-refractivity contribution >= 4 is 5.78 Å². The van der Waals surface area contributed by atoms with Crippen molar-refractivity contribution in [3.8, 4) is 0 Å². The average molecular weight is 211 g/mol. The van der Waals surface area contributed by atoms with E-state index in [9.17, 15) is 4.79 Å². The summed E-state index contributed by atoms with van der Waals surface area (Å²) >= 11 is 0. The van der Waals surface area contributed by atoms with Crippen LogP contribution in [0.15, 0.2) is 36.4 Å². The van der Waals surface area contributed by atoms with Crippen molar-refractivity contribution in [2.24, 2.45) is 17.8 Å². The fourth-order valence-electron chi connectivity index (χ4n) is 3.06. The molecule has 2 aliphatic carbocycles. The lowest BCUT2D eigenvalue weighted by Gasteiger charge is -2.16. The molecule has 1 aromatic carbocycles. The first-order chi connectivity index (χ1) is 7.83. The molecule has 0 saturated heterocycles. The van der Waals surface area contributed by atoms with E-state index in [1.165, 1.54) is 12.8 Å². The molecule has 1 nitrogen and oxygen atoms in total. The summed E-state index contributed by atoms with van der Waals surface area (Å²) in [5.74, 6) is 2.31. The number of benzene rings is 1. The van der Waals surface area contributed by atoms with Gasteiger partial charge in [-0.1, -0.05) is 36.4 Å². The minimum Gasteiger partial charge on any atom is -0.294 e. The van der Waals surface area contributed by atoms with Gasteiger partial charge in [0.05, 0.1) is 0 Å². The predicted molar refractivity (Wildman–Crippen MR) is 63.1 cm³/mol. The molecule has 0 aromatic heterocycles. The van der Waals surface area contributed by atoms with Gasteiger partial charge in [0.15, 0.2) is 5.78 Å². The van der Waals surface area contributed by atoms with Crippen molar-refractivity contribution in [2.45, 2.75) is 19.3 Å². The van der Waals surface area contributed by atoms with E-state index >= 15 is 0 Å². The van der Waals surface area contributed by atoms with Crippen molar-refractivity contribution in [3.05, 3.63) is 48.0 Å². The number of rotatable bonds is 3. The SMILES string of the molecule is O=C(CC1CC2C=CC1C2)c1cc[c]cc1. The van der Waals surface area contributed by atoms with Crippen molar-refractivity contribution < 1.29 is 4.79 Å². The predicted octanol–water partition coefficient (Wildman–Crippen LogP) is 3.27. The fraction of sp³-hybridized carbons (Fsp3) is 0.400. The Labute approximate surface area is 96.2 Å². The van der Waals surface area contributed by atoms with Gasteiger partial charge in [-0.15, -0.1) is 0 Å². The van der Waals surface area contributed by atoms with Crippen LogP contribution in [0, 0.1) is 23.8 Å². The molecule has 0 spiro atoms. The van der Waals surface area contributed by atoms with Crippen LogP contribution in [-0.2, 0) is 0 Å². The molecule has 0 heterocycles. The number of fused-ring (bicyclic) bond motifs is 2. The molecule has 0 N–H and O–H groups in total. The highest BCUT2D eigenvalue weighted by atomic mass is 16.1. The van der Waals surface area contributed by atoms with Gasteiger partial charge in [-0.3, -0.25) is 4.79 Å². The number of hydrogen-bond donors (Lipinski definition) is 0. The van der Waals surface area contributed by atoms with Crippen LogP contribution < -0.4 is 0 Å². The summed E-state index contributed by atoms with van der Waals surface area (Å²) in [5, 5.41) is 0. The molecule has 2 aliphatic rings. The van der Waals surface area contributed by atoms with Crippen LogP contribution in [0.3, 0.4) is 0 Å². The highest BCUT2D eigenvalue weighted by molar-refractivity contribution is 5.96. The van der Waals surface area contributed by atoms with Gasteiger partial charge in [-0.25, -0.2) is 0 Å². The molecule has 1 fully saturated rings. The number of Topliss-reactive ketones (excluding diaryl/α,β-unsaturated/α-hetero) is 1. The highest BCUT2D eigenvalue weighted by Crippen LogP contribution is 2.45. The molecule has 2 bridgehead atoms. The Morgan fingerprint density at radius 2 is 2.06 bits per heavy atom. The Morgan fingerprint density at radius 3 is 2.69 bits per heavy atom. The van der Waals surface area contributed by atoms with Gasteiger partial charge in [0.2, 0.25) is 0 Å². The molecule has 3 rings (SSSR count). The third kappa shape index (κ3) is 1.71. The Hall–Kier alpha value is -1.37. The van der Waals surface area contributed by atoms with E-state index in [0.29, 0.717) is 17.6 Å². The van der Waals surface area contributed by atoms with Crippen LogP contribution in [-0.4, -0.2) is 5.78 Å². The maximum Gasteiger partial charge on any atom is 0.163 e. The Kier molecular flexibility index (Phi) is 2.39. The summed E-state index contributed by atoms with van der Waals surface area (Å²) < 4.78 is 0. The maximum absolute atomic E-state index is 12.0. The van der Waals surface area contributed by atoms with Crippen molar-refractivity contribution in [1.82, 2.24) is 0 Å². The van der Waals surface area contributed by atoms with E-state index in [4.69, 9.17) is 0 Å². The van der Waals surface area contributed by atoms with Crippen molar-refractivity contribution in [1.29, 1.82) is 0 Å². The summed E-state index contributed by atoms with van der Waals surface area (Å²) in [6.45, 7) is 0. The Bertz CT molecular complexity index is 418. The first-order valence-corrected chi connectivity index (χ1v) is 6.00. The number of ketones is 1. The van der Waals surface area contributed by atoms with Gasteiger partial charge in [-0.2, -0.15) is 0 Å². The standard InChI is InChI=1S/C15H15O/c16-15(12-4-2-1-3-5-12)10-14-9-11-6-7-13(14)8-11/h2-7,11,13-14H,8-10H2. The zero-order chi connectivity index (χ0) is 11.0. The molecule has 0 amide bonds. The molecular formula is C15H15O. The molecule has 81 valence electrons. The minimum atomic E-state index is 0.292. The second-order valence-electron chi connectivity index (χ2n) is 4.96. The summed E-state index contributed by atoms with van der Waals surface area (Å²) in [5.41, 5.74) is 0.838. The van der Waals surface area contributed by atoms with Crippen LogP contribution in [0.1, 0.15) is 29.6 Å². The molecule has 1 aromatic rings. The molecule has 3 unspecified atom stereocenters. The van der Waals surface area contributed by atoms with Gasteiger partial charge >= 0.3 is 0 Å². The zero-order valence-electron chi connectivity index (χ0n) is 9.23. The summed E-state index contributed by atoms with van der Waals surface area (Å²) in [7, 11) is 0. The lowest BCUT2D eigenvalue weighted by molar-refractivity contribution is 0.0954. The third-order valence-electron chi connectivity index (χ3n) is 3.90. The second-order valence-corrected chi connectivity index (χ2v) is 4.96. The van der Waals surface area contributed by atoms with Gasteiger partial charge in [-0.05, 0) is 36.7 Å². The first-order valence-electron chi connectivity index (χ1n) is 6.00. The van der Waals surface area contributed by atoms with Crippen molar-refractivity contribution in [2.75, 3.05) is 0 Å². The van der Waals surface area contributed by atoms with Gasteiger partial charge in [0, 0.05) is 12.0 Å². The molecule has 1 radical (unpaired) electrons. The average Bonchev–Trinajstić information content (AvgIpc) is 2.92. The van der Waals surface area contributed by atoms with E-state index in [0.717, 1.165) is 17.9 Å². The molecule has 1 saturated carbocycles. The fourth-order valence-corrected chi connectivity index (χ4v) is 3.06. The Morgan fingerprint density at radius 1 is 1.25 bits per heavy atom. The summed E-state index contributed by atoms with van der Waals surface area (Å²) in [6.07, 6.45) is 7.84. The lowest BCUT2D eigenvalue weighted by atomic mass is 9.87. The highest BCUT2D eigenvalue weighted by Gasteiger charge is 2.36. The van der Waals surface area contributed by atoms with E-state index in [2.05, 4.69) is 18.2 Å². The van der Waals surface area contributed by atoms with Crippen LogP contribution in [0.4, 0.5) is 0 Å². The van der Waals surface area contributed by atoms with Crippen LogP contribution in [0.5, 0.6) is 0 Å². The number of carbonyl (C=O) groups is 1. The summed E-state index contributed by atoms with van der Waals surface area (Å²) in [6, 6.07) is 10.3. The second kappa shape index (κ2) is 3.89. The number of hydrogen-bond acceptors (Lipinski definition) is 1. The van der Waals surface area contributed by atoms with E-state index < -0.39 is 0 Å². The van der Waals surface area contributed by atoms with E-state index in [1.54, 1.807) is 0 Å². The number of allylic oxidation sites excluding steroid dienone is 2. The van der Waals surface area contributed by atoms with E-state index in [1.807, 2.05) is 24.3 Å². The lowest BCUT2D eigenvalue weighted by Crippen LogP contribution is -2.13. The molecule has 0 aliphatic heterocycles.